The Balaban J connectivity index is 3.05. The first-order valence-corrected chi connectivity index (χ1v) is 4.59. The molecule has 0 spiro atoms. The number of anilines is 1. The fourth-order valence-corrected chi connectivity index (χ4v) is 1.44. The molecule has 2 N–H and O–H groups in total. The van der Waals surface area contributed by atoms with E-state index < -0.39 is 0 Å². The van der Waals surface area contributed by atoms with E-state index in [1.807, 2.05) is 13.0 Å². The summed E-state index contributed by atoms with van der Waals surface area (Å²) in [5, 5.41) is 0. The number of ether oxygens (including phenoxy) is 2. The van der Waals surface area contributed by atoms with Gasteiger partial charge in [-0.05, 0) is 24.1 Å². The number of hydrogen-bond acceptors (Lipinski definition) is 4. The van der Waals surface area contributed by atoms with E-state index in [9.17, 15) is 4.79 Å². The van der Waals surface area contributed by atoms with Gasteiger partial charge in [-0.1, -0.05) is 6.07 Å². The normalized spacial score (nSPS) is 9.80. The molecular weight excluding hydrogens is 194 g/mol. The second-order valence-electron chi connectivity index (χ2n) is 3.23. The summed E-state index contributed by atoms with van der Waals surface area (Å²) in [5.74, 6) is 0.348. The van der Waals surface area contributed by atoms with Crippen LogP contribution < -0.4 is 10.5 Å². The number of carbonyl (C=O) groups excluding carboxylic acids is 1. The van der Waals surface area contributed by atoms with Crippen molar-refractivity contribution in [3.8, 4) is 5.75 Å². The van der Waals surface area contributed by atoms with Crippen molar-refractivity contribution in [2.75, 3.05) is 20.0 Å². The van der Waals surface area contributed by atoms with Crippen LogP contribution in [-0.2, 0) is 16.0 Å². The average Bonchev–Trinajstić information content (AvgIpc) is 2.23. The molecule has 0 aliphatic carbocycles. The van der Waals surface area contributed by atoms with Crippen LogP contribution >= 0.6 is 0 Å². The number of methoxy groups -OCH3 is 2. The lowest BCUT2D eigenvalue weighted by molar-refractivity contribution is -0.139. The maximum absolute atomic E-state index is 11.1. The predicted octanol–water partition coefficient (Wildman–Crippen LogP) is 1.30. The highest BCUT2D eigenvalue weighted by atomic mass is 16.5. The molecule has 0 aromatic heterocycles. The van der Waals surface area contributed by atoms with Crippen LogP contribution in [-0.4, -0.2) is 20.2 Å². The molecular formula is C11H15NO3. The summed E-state index contributed by atoms with van der Waals surface area (Å²) >= 11 is 0. The van der Waals surface area contributed by atoms with Gasteiger partial charge in [-0.2, -0.15) is 0 Å². The zero-order chi connectivity index (χ0) is 11.4. The van der Waals surface area contributed by atoms with Gasteiger partial charge in [0, 0.05) is 0 Å². The van der Waals surface area contributed by atoms with Crippen molar-refractivity contribution in [2.45, 2.75) is 13.3 Å². The minimum absolute atomic E-state index is 0.235. The number of benzene rings is 1. The summed E-state index contributed by atoms with van der Waals surface area (Å²) in [4.78, 5) is 11.1. The van der Waals surface area contributed by atoms with E-state index >= 15 is 0 Å². The molecule has 4 heteroatoms. The van der Waals surface area contributed by atoms with Gasteiger partial charge in [0.25, 0.3) is 0 Å². The zero-order valence-electron chi connectivity index (χ0n) is 9.16. The van der Waals surface area contributed by atoms with Crippen molar-refractivity contribution in [2.24, 2.45) is 0 Å². The molecule has 0 saturated heterocycles. The first-order chi connectivity index (χ1) is 7.10. The second kappa shape index (κ2) is 4.68. The van der Waals surface area contributed by atoms with Crippen LogP contribution in [0.2, 0.25) is 0 Å². The van der Waals surface area contributed by atoms with Crippen molar-refractivity contribution >= 4 is 11.7 Å². The van der Waals surface area contributed by atoms with Crippen LogP contribution in [0.1, 0.15) is 11.1 Å². The van der Waals surface area contributed by atoms with Crippen molar-refractivity contribution in [1.29, 1.82) is 0 Å². The third kappa shape index (κ3) is 2.40. The van der Waals surface area contributed by atoms with Crippen LogP contribution in [0.5, 0.6) is 5.75 Å². The highest BCUT2D eigenvalue weighted by Crippen LogP contribution is 2.28. The maximum atomic E-state index is 11.1. The lowest BCUT2D eigenvalue weighted by atomic mass is 10.0. The van der Waals surface area contributed by atoms with Gasteiger partial charge < -0.3 is 15.2 Å². The van der Waals surface area contributed by atoms with Gasteiger partial charge in [-0.25, -0.2) is 0 Å². The third-order valence-electron chi connectivity index (χ3n) is 2.32. The quantitative estimate of drug-likeness (QED) is 0.602. The Bertz CT molecular complexity index is 374. The van der Waals surface area contributed by atoms with E-state index in [1.54, 1.807) is 13.2 Å². The SMILES string of the molecule is COC(=O)Cc1ccc(N)c(OC)c1C. The van der Waals surface area contributed by atoms with Gasteiger partial charge in [-0.3, -0.25) is 4.79 Å². The summed E-state index contributed by atoms with van der Waals surface area (Å²) in [5.41, 5.74) is 8.04. The molecule has 0 amide bonds. The minimum atomic E-state index is -0.273. The molecule has 0 atom stereocenters. The highest BCUT2D eigenvalue weighted by molar-refractivity contribution is 5.74. The first kappa shape index (κ1) is 11.4. The molecule has 0 saturated carbocycles. The predicted molar refractivity (Wildman–Crippen MR) is 57.9 cm³/mol. The summed E-state index contributed by atoms with van der Waals surface area (Å²) < 4.78 is 9.76. The van der Waals surface area contributed by atoms with E-state index in [4.69, 9.17) is 10.5 Å². The Morgan fingerprint density at radius 3 is 2.60 bits per heavy atom. The Kier molecular flexibility index (Phi) is 3.55. The molecule has 0 radical (unpaired) electrons. The summed E-state index contributed by atoms with van der Waals surface area (Å²) in [6.07, 6.45) is 0.235. The van der Waals surface area contributed by atoms with Crippen LogP contribution in [0.25, 0.3) is 0 Å². The second-order valence-corrected chi connectivity index (χ2v) is 3.23. The van der Waals surface area contributed by atoms with Gasteiger partial charge in [-0.15, -0.1) is 0 Å². The van der Waals surface area contributed by atoms with Gasteiger partial charge in [0.15, 0.2) is 0 Å². The van der Waals surface area contributed by atoms with Crippen LogP contribution in [0.15, 0.2) is 12.1 Å². The Morgan fingerprint density at radius 1 is 1.40 bits per heavy atom. The van der Waals surface area contributed by atoms with Crippen molar-refractivity contribution in [1.82, 2.24) is 0 Å². The van der Waals surface area contributed by atoms with E-state index in [0.717, 1.165) is 11.1 Å². The number of carbonyl (C=O) groups is 1. The Labute approximate surface area is 89.0 Å². The number of nitrogens with two attached hydrogens (primary N) is 1. The molecule has 0 fully saturated rings. The number of nitrogen functional groups attached to an aromatic ring is 1. The smallest absolute Gasteiger partial charge is 0.309 e. The molecule has 1 aromatic carbocycles. The fraction of sp³-hybridized carbons (Fsp3) is 0.364. The molecule has 0 bridgehead atoms. The first-order valence-electron chi connectivity index (χ1n) is 4.59. The van der Waals surface area contributed by atoms with E-state index in [1.165, 1.54) is 7.11 Å². The molecule has 0 heterocycles. The highest BCUT2D eigenvalue weighted by Gasteiger charge is 2.11. The van der Waals surface area contributed by atoms with Crippen molar-refractivity contribution < 1.29 is 14.3 Å². The lowest BCUT2D eigenvalue weighted by Crippen LogP contribution is -2.07. The molecule has 1 rings (SSSR count). The minimum Gasteiger partial charge on any atom is -0.494 e. The molecule has 0 aliphatic rings. The number of hydrogen-bond donors (Lipinski definition) is 1. The molecule has 1 aromatic rings. The lowest BCUT2D eigenvalue weighted by Gasteiger charge is -2.11. The van der Waals surface area contributed by atoms with Crippen molar-refractivity contribution in [3.63, 3.8) is 0 Å². The van der Waals surface area contributed by atoms with Gasteiger partial charge in [0.05, 0.1) is 26.3 Å². The van der Waals surface area contributed by atoms with E-state index in [2.05, 4.69) is 4.74 Å². The monoisotopic (exact) mass is 209 g/mol. The van der Waals surface area contributed by atoms with Crippen molar-refractivity contribution in [3.05, 3.63) is 23.3 Å². The Hall–Kier alpha value is -1.71. The third-order valence-corrected chi connectivity index (χ3v) is 2.32. The van der Waals surface area contributed by atoms with Gasteiger partial charge >= 0.3 is 5.97 Å². The molecule has 4 nitrogen and oxygen atoms in total. The average molecular weight is 209 g/mol. The van der Waals surface area contributed by atoms with Crippen LogP contribution in [0.3, 0.4) is 0 Å². The van der Waals surface area contributed by atoms with E-state index in [-0.39, 0.29) is 12.4 Å². The molecule has 82 valence electrons. The Morgan fingerprint density at radius 2 is 2.07 bits per heavy atom. The molecule has 0 aliphatic heterocycles. The topological polar surface area (TPSA) is 61.5 Å². The van der Waals surface area contributed by atoms with Crippen LogP contribution in [0, 0.1) is 6.92 Å². The standard InChI is InChI=1S/C11H15NO3/c1-7-8(6-10(13)14-2)4-5-9(12)11(7)15-3/h4-5H,6,12H2,1-3H3. The fourth-order valence-electron chi connectivity index (χ4n) is 1.44. The molecule has 0 unspecified atom stereocenters. The zero-order valence-corrected chi connectivity index (χ0v) is 9.16. The summed E-state index contributed by atoms with van der Waals surface area (Å²) in [6.45, 7) is 1.87. The summed E-state index contributed by atoms with van der Waals surface area (Å²) in [7, 11) is 2.92. The largest absolute Gasteiger partial charge is 0.494 e. The van der Waals surface area contributed by atoms with Gasteiger partial charge in [0.1, 0.15) is 5.75 Å². The number of esters is 1. The van der Waals surface area contributed by atoms with Gasteiger partial charge in [0.2, 0.25) is 0 Å². The number of rotatable bonds is 3. The summed E-state index contributed by atoms with van der Waals surface area (Å²) in [6, 6.07) is 3.54. The molecule has 15 heavy (non-hydrogen) atoms. The van der Waals surface area contributed by atoms with Crippen LogP contribution in [0.4, 0.5) is 5.69 Å². The van der Waals surface area contributed by atoms with E-state index in [0.29, 0.717) is 11.4 Å². The maximum Gasteiger partial charge on any atom is 0.309 e.